The van der Waals surface area contributed by atoms with Crippen LogP contribution in [0.4, 0.5) is 11.5 Å². The number of aromatic nitrogens is 1. The van der Waals surface area contributed by atoms with Gasteiger partial charge in [0.1, 0.15) is 11.4 Å². The van der Waals surface area contributed by atoms with E-state index >= 15 is 0 Å². The SMILES string of the molecule is Nc1ccc(NCC2(O)CCOC2)nc1OCC1CC1. The summed E-state index contributed by atoms with van der Waals surface area (Å²) in [5, 5.41) is 13.3. The quantitative estimate of drug-likeness (QED) is 0.720. The number of rotatable bonds is 6. The van der Waals surface area contributed by atoms with Crippen LogP contribution in [0.3, 0.4) is 0 Å². The van der Waals surface area contributed by atoms with Crippen molar-refractivity contribution in [3.8, 4) is 5.88 Å². The minimum atomic E-state index is -0.807. The van der Waals surface area contributed by atoms with Crippen LogP contribution >= 0.6 is 0 Å². The van der Waals surface area contributed by atoms with E-state index in [9.17, 15) is 5.11 Å². The Morgan fingerprint density at radius 2 is 2.35 bits per heavy atom. The predicted molar refractivity (Wildman–Crippen MR) is 75.7 cm³/mol. The van der Waals surface area contributed by atoms with Gasteiger partial charge < -0.3 is 25.6 Å². The van der Waals surface area contributed by atoms with Crippen molar-refractivity contribution in [1.82, 2.24) is 4.98 Å². The van der Waals surface area contributed by atoms with Gasteiger partial charge >= 0.3 is 0 Å². The molecule has 1 saturated heterocycles. The van der Waals surface area contributed by atoms with Gasteiger partial charge in [0.2, 0.25) is 5.88 Å². The van der Waals surface area contributed by atoms with Crippen molar-refractivity contribution < 1.29 is 14.6 Å². The van der Waals surface area contributed by atoms with Crippen LogP contribution in [0.2, 0.25) is 0 Å². The van der Waals surface area contributed by atoms with Crippen LogP contribution < -0.4 is 15.8 Å². The van der Waals surface area contributed by atoms with E-state index in [4.69, 9.17) is 15.2 Å². The van der Waals surface area contributed by atoms with E-state index < -0.39 is 5.60 Å². The summed E-state index contributed by atoms with van der Waals surface area (Å²) in [5.74, 6) is 1.78. The fourth-order valence-electron chi connectivity index (χ4n) is 2.14. The first-order chi connectivity index (χ1) is 9.65. The van der Waals surface area contributed by atoms with Crippen molar-refractivity contribution >= 4 is 11.5 Å². The highest BCUT2D eigenvalue weighted by atomic mass is 16.5. The van der Waals surface area contributed by atoms with Gasteiger partial charge in [-0.15, -0.1) is 0 Å². The molecule has 1 aliphatic heterocycles. The van der Waals surface area contributed by atoms with E-state index in [-0.39, 0.29) is 0 Å². The highest BCUT2D eigenvalue weighted by Crippen LogP contribution is 2.30. The molecule has 0 radical (unpaired) electrons. The van der Waals surface area contributed by atoms with Crippen molar-refractivity contribution in [1.29, 1.82) is 0 Å². The second-order valence-electron chi connectivity index (χ2n) is 5.73. The third-order valence-electron chi connectivity index (χ3n) is 3.72. The van der Waals surface area contributed by atoms with Gasteiger partial charge in [-0.1, -0.05) is 0 Å². The van der Waals surface area contributed by atoms with Gasteiger partial charge in [0, 0.05) is 19.6 Å². The van der Waals surface area contributed by atoms with Crippen LogP contribution in [0.5, 0.6) is 5.88 Å². The summed E-state index contributed by atoms with van der Waals surface area (Å²) in [4.78, 5) is 4.35. The second-order valence-corrected chi connectivity index (χ2v) is 5.73. The Morgan fingerprint density at radius 3 is 3.05 bits per heavy atom. The van der Waals surface area contributed by atoms with Crippen LogP contribution in [0.15, 0.2) is 12.1 Å². The number of hydrogen-bond donors (Lipinski definition) is 3. The maximum Gasteiger partial charge on any atom is 0.239 e. The fraction of sp³-hybridized carbons (Fsp3) is 0.643. The Labute approximate surface area is 118 Å². The number of nitrogens with two attached hydrogens (primary N) is 1. The number of anilines is 2. The van der Waals surface area contributed by atoms with E-state index in [2.05, 4.69) is 10.3 Å². The molecular weight excluding hydrogens is 258 g/mol. The molecule has 2 fully saturated rings. The number of hydrogen-bond acceptors (Lipinski definition) is 6. The lowest BCUT2D eigenvalue weighted by molar-refractivity contribution is 0.0381. The molecule has 1 aliphatic carbocycles. The molecule has 1 aromatic heterocycles. The highest BCUT2D eigenvalue weighted by Gasteiger charge is 2.32. The third kappa shape index (κ3) is 3.32. The standard InChI is InChI=1S/C14H21N3O3/c15-11-3-4-12(16-8-14(18)5-6-19-9-14)17-13(11)20-7-10-1-2-10/h3-4,10,18H,1-2,5-9,15H2,(H,16,17). The van der Waals surface area contributed by atoms with Crippen LogP contribution in [0.25, 0.3) is 0 Å². The molecule has 0 aromatic carbocycles. The lowest BCUT2D eigenvalue weighted by Crippen LogP contribution is -2.37. The topological polar surface area (TPSA) is 89.6 Å². The van der Waals surface area contributed by atoms with E-state index in [0.29, 0.717) is 56.1 Å². The molecule has 6 nitrogen and oxygen atoms in total. The van der Waals surface area contributed by atoms with E-state index in [1.165, 1.54) is 12.8 Å². The molecule has 2 heterocycles. The molecule has 6 heteroatoms. The first kappa shape index (κ1) is 13.5. The maximum absolute atomic E-state index is 10.2. The van der Waals surface area contributed by atoms with Gasteiger partial charge in [-0.3, -0.25) is 0 Å². The minimum Gasteiger partial charge on any atom is -0.476 e. The van der Waals surface area contributed by atoms with Gasteiger partial charge in [-0.05, 0) is 30.9 Å². The van der Waals surface area contributed by atoms with Crippen LogP contribution in [0, 0.1) is 5.92 Å². The molecule has 1 saturated carbocycles. The summed E-state index contributed by atoms with van der Waals surface area (Å²) in [6.45, 7) is 2.05. The predicted octanol–water partition coefficient (Wildman–Crippen LogP) is 1.02. The molecule has 0 amide bonds. The Balaban J connectivity index is 1.59. The summed E-state index contributed by atoms with van der Waals surface area (Å²) in [5.41, 5.74) is 5.59. The number of nitrogens with one attached hydrogen (secondary N) is 1. The molecule has 1 atom stereocenters. The van der Waals surface area contributed by atoms with Crippen LogP contribution in [0.1, 0.15) is 19.3 Å². The number of pyridine rings is 1. The van der Waals surface area contributed by atoms with Crippen molar-refractivity contribution in [2.24, 2.45) is 5.92 Å². The molecule has 110 valence electrons. The Kier molecular flexibility index (Phi) is 3.67. The molecule has 3 rings (SSSR count). The summed E-state index contributed by atoms with van der Waals surface area (Å²) in [7, 11) is 0. The highest BCUT2D eigenvalue weighted by molar-refractivity contribution is 5.53. The molecule has 0 bridgehead atoms. The molecule has 0 spiro atoms. The molecule has 1 unspecified atom stereocenters. The number of aliphatic hydroxyl groups is 1. The summed E-state index contributed by atoms with van der Waals surface area (Å²) >= 11 is 0. The lowest BCUT2D eigenvalue weighted by atomic mass is 10.0. The lowest BCUT2D eigenvalue weighted by Gasteiger charge is -2.21. The monoisotopic (exact) mass is 279 g/mol. The molecule has 2 aliphatic rings. The third-order valence-corrected chi connectivity index (χ3v) is 3.72. The van der Waals surface area contributed by atoms with Gasteiger partial charge in [0.15, 0.2) is 0 Å². The zero-order valence-electron chi connectivity index (χ0n) is 11.5. The molecule has 20 heavy (non-hydrogen) atoms. The molecule has 4 N–H and O–H groups in total. The average molecular weight is 279 g/mol. The number of nitrogens with zero attached hydrogens (tertiary/aromatic N) is 1. The van der Waals surface area contributed by atoms with E-state index in [1.807, 2.05) is 0 Å². The Bertz CT molecular complexity index is 471. The first-order valence-electron chi connectivity index (χ1n) is 7.08. The smallest absolute Gasteiger partial charge is 0.239 e. The van der Waals surface area contributed by atoms with Crippen LogP contribution in [-0.4, -0.2) is 42.1 Å². The van der Waals surface area contributed by atoms with Gasteiger partial charge in [-0.2, -0.15) is 4.98 Å². The van der Waals surface area contributed by atoms with E-state index in [1.54, 1.807) is 12.1 Å². The van der Waals surface area contributed by atoms with Crippen molar-refractivity contribution in [2.45, 2.75) is 24.9 Å². The van der Waals surface area contributed by atoms with Gasteiger partial charge in [0.25, 0.3) is 0 Å². The van der Waals surface area contributed by atoms with Crippen LogP contribution in [-0.2, 0) is 4.74 Å². The van der Waals surface area contributed by atoms with E-state index in [0.717, 1.165) is 0 Å². The van der Waals surface area contributed by atoms with Gasteiger partial charge in [-0.25, -0.2) is 0 Å². The zero-order valence-corrected chi connectivity index (χ0v) is 11.5. The summed E-state index contributed by atoms with van der Waals surface area (Å²) in [6.07, 6.45) is 3.09. The maximum atomic E-state index is 10.2. The average Bonchev–Trinajstić information content (AvgIpc) is 3.17. The normalized spacial score (nSPS) is 25.6. The Hall–Kier alpha value is -1.53. The fourth-order valence-corrected chi connectivity index (χ4v) is 2.14. The second kappa shape index (κ2) is 5.46. The number of nitrogen functional groups attached to an aromatic ring is 1. The first-order valence-corrected chi connectivity index (χ1v) is 7.08. The van der Waals surface area contributed by atoms with Crippen molar-refractivity contribution in [2.75, 3.05) is 37.4 Å². The number of ether oxygens (including phenoxy) is 2. The zero-order chi connectivity index (χ0) is 14.0. The van der Waals surface area contributed by atoms with Crippen molar-refractivity contribution in [3.63, 3.8) is 0 Å². The molecular formula is C14H21N3O3. The summed E-state index contributed by atoms with van der Waals surface area (Å²) in [6, 6.07) is 3.56. The summed E-state index contributed by atoms with van der Waals surface area (Å²) < 4.78 is 10.8. The Morgan fingerprint density at radius 1 is 1.50 bits per heavy atom. The largest absolute Gasteiger partial charge is 0.476 e. The van der Waals surface area contributed by atoms with Crippen molar-refractivity contribution in [3.05, 3.63) is 12.1 Å². The molecule has 1 aromatic rings. The minimum absolute atomic E-state index is 0.361. The van der Waals surface area contributed by atoms with Gasteiger partial charge in [0.05, 0.1) is 18.9 Å².